The van der Waals surface area contributed by atoms with E-state index in [1.54, 1.807) is 29.2 Å². The summed E-state index contributed by atoms with van der Waals surface area (Å²) in [7, 11) is -3.38. The Balaban J connectivity index is 1.75. The molecule has 0 radical (unpaired) electrons. The van der Waals surface area contributed by atoms with Crippen LogP contribution < -0.4 is 4.72 Å². The molecule has 0 spiro atoms. The van der Waals surface area contributed by atoms with E-state index in [9.17, 15) is 13.2 Å². The van der Waals surface area contributed by atoms with E-state index in [4.69, 9.17) is 4.74 Å². The van der Waals surface area contributed by atoms with Crippen molar-refractivity contribution in [1.29, 1.82) is 0 Å². The molecule has 0 saturated carbocycles. The first-order chi connectivity index (χ1) is 11.9. The van der Waals surface area contributed by atoms with Crippen molar-refractivity contribution in [3.05, 3.63) is 65.7 Å². The summed E-state index contributed by atoms with van der Waals surface area (Å²) in [5.41, 5.74) is 1.86. The van der Waals surface area contributed by atoms with E-state index in [1.807, 2.05) is 30.3 Å². The lowest BCUT2D eigenvalue weighted by molar-refractivity contribution is -0.0228. The topological polar surface area (TPSA) is 75.7 Å². The van der Waals surface area contributed by atoms with Crippen LogP contribution in [0.15, 0.2) is 54.6 Å². The van der Waals surface area contributed by atoms with Crippen LogP contribution in [-0.2, 0) is 14.8 Å². The molecule has 3 rings (SSSR count). The molecule has 1 amide bonds. The number of rotatable bonds is 4. The molecule has 1 unspecified atom stereocenters. The third kappa shape index (κ3) is 4.58. The molecule has 1 N–H and O–H groups in total. The van der Waals surface area contributed by atoms with E-state index in [1.165, 1.54) is 0 Å². The van der Waals surface area contributed by atoms with Gasteiger partial charge in [-0.2, -0.15) is 0 Å². The summed E-state index contributed by atoms with van der Waals surface area (Å²) in [6.07, 6.45) is 0.921. The summed E-state index contributed by atoms with van der Waals surface area (Å²) in [5, 5.41) is 0. The summed E-state index contributed by atoms with van der Waals surface area (Å²) in [6.45, 7) is 1.44. The van der Waals surface area contributed by atoms with Crippen molar-refractivity contribution in [3.63, 3.8) is 0 Å². The average molecular weight is 360 g/mol. The molecule has 1 saturated heterocycles. The number of benzene rings is 2. The van der Waals surface area contributed by atoms with Crippen molar-refractivity contribution in [2.75, 3.05) is 30.7 Å². The number of sulfonamides is 1. The molecular weight excluding hydrogens is 340 g/mol. The molecular formula is C18H20N2O4S. The largest absolute Gasteiger partial charge is 0.370 e. The highest BCUT2D eigenvalue weighted by Gasteiger charge is 2.26. The van der Waals surface area contributed by atoms with Gasteiger partial charge >= 0.3 is 0 Å². The number of nitrogens with zero attached hydrogens (tertiary/aromatic N) is 1. The minimum absolute atomic E-state index is 0.138. The summed E-state index contributed by atoms with van der Waals surface area (Å²) < 4.78 is 30.9. The first-order valence-electron chi connectivity index (χ1n) is 7.96. The summed E-state index contributed by atoms with van der Waals surface area (Å²) in [6, 6.07) is 16.3. The van der Waals surface area contributed by atoms with Crippen molar-refractivity contribution in [2.45, 2.75) is 6.10 Å². The number of ether oxygens (including phenoxy) is 1. The highest BCUT2D eigenvalue weighted by atomic mass is 32.2. The molecule has 0 aliphatic carbocycles. The Morgan fingerprint density at radius 1 is 1.16 bits per heavy atom. The lowest BCUT2D eigenvalue weighted by Crippen LogP contribution is -2.42. The minimum Gasteiger partial charge on any atom is -0.370 e. The quantitative estimate of drug-likeness (QED) is 0.908. The number of nitrogens with one attached hydrogen (secondary N) is 1. The van der Waals surface area contributed by atoms with Gasteiger partial charge in [0.05, 0.1) is 19.4 Å². The molecule has 1 aliphatic heterocycles. The van der Waals surface area contributed by atoms with Gasteiger partial charge in [0.15, 0.2) is 0 Å². The first-order valence-corrected chi connectivity index (χ1v) is 9.85. The second-order valence-electron chi connectivity index (χ2n) is 5.98. The van der Waals surface area contributed by atoms with Gasteiger partial charge in [0.1, 0.15) is 6.10 Å². The maximum Gasteiger partial charge on any atom is 0.254 e. The Kier molecular flexibility index (Phi) is 5.06. The van der Waals surface area contributed by atoms with Crippen LogP contribution in [0.1, 0.15) is 22.0 Å². The third-order valence-electron chi connectivity index (χ3n) is 3.94. The van der Waals surface area contributed by atoms with Gasteiger partial charge in [0.2, 0.25) is 10.0 Å². The number of morpholine rings is 1. The highest BCUT2D eigenvalue weighted by Crippen LogP contribution is 2.23. The molecule has 1 atom stereocenters. The van der Waals surface area contributed by atoms with Crippen molar-refractivity contribution in [1.82, 2.24) is 4.90 Å². The van der Waals surface area contributed by atoms with E-state index in [-0.39, 0.29) is 12.0 Å². The van der Waals surface area contributed by atoms with Crippen LogP contribution >= 0.6 is 0 Å². The Bertz CT molecular complexity index is 852. The zero-order chi connectivity index (χ0) is 17.9. The molecule has 1 fully saturated rings. The van der Waals surface area contributed by atoms with Gasteiger partial charge < -0.3 is 9.64 Å². The Morgan fingerprint density at radius 2 is 1.92 bits per heavy atom. The van der Waals surface area contributed by atoms with Crippen LogP contribution in [-0.4, -0.2) is 45.2 Å². The fourth-order valence-electron chi connectivity index (χ4n) is 2.82. The molecule has 7 heteroatoms. The number of hydrogen-bond donors (Lipinski definition) is 1. The predicted octanol–water partition coefficient (Wildman–Crippen LogP) is 2.27. The molecule has 1 aliphatic rings. The molecule has 1 heterocycles. The Labute approximate surface area is 147 Å². The smallest absolute Gasteiger partial charge is 0.254 e. The lowest BCUT2D eigenvalue weighted by atomic mass is 10.1. The normalized spacial score (nSPS) is 18.0. The van der Waals surface area contributed by atoms with E-state index in [2.05, 4.69) is 4.72 Å². The van der Waals surface area contributed by atoms with Gasteiger partial charge in [-0.3, -0.25) is 9.52 Å². The number of carbonyl (C=O) groups is 1. The fourth-order valence-corrected chi connectivity index (χ4v) is 3.37. The summed E-state index contributed by atoms with van der Waals surface area (Å²) in [5.74, 6) is -0.138. The molecule has 132 valence electrons. The second-order valence-corrected chi connectivity index (χ2v) is 7.72. The zero-order valence-corrected chi connectivity index (χ0v) is 14.7. The summed E-state index contributed by atoms with van der Waals surface area (Å²) in [4.78, 5) is 14.5. The second kappa shape index (κ2) is 7.25. The van der Waals surface area contributed by atoms with E-state index < -0.39 is 10.0 Å². The SMILES string of the molecule is CS(=O)(=O)Nc1cccc(C(=O)N2CCOC(c3ccccc3)C2)c1. The van der Waals surface area contributed by atoms with Crippen LogP contribution in [0.25, 0.3) is 0 Å². The number of anilines is 1. The van der Waals surface area contributed by atoms with E-state index >= 15 is 0 Å². The van der Waals surface area contributed by atoms with Gasteiger partial charge in [-0.25, -0.2) is 8.42 Å². The van der Waals surface area contributed by atoms with Crippen LogP contribution in [0.4, 0.5) is 5.69 Å². The minimum atomic E-state index is -3.38. The fraction of sp³-hybridized carbons (Fsp3) is 0.278. The van der Waals surface area contributed by atoms with Gasteiger partial charge in [-0.1, -0.05) is 36.4 Å². The number of amides is 1. The Morgan fingerprint density at radius 3 is 2.64 bits per heavy atom. The monoisotopic (exact) mass is 360 g/mol. The number of hydrogen-bond acceptors (Lipinski definition) is 4. The van der Waals surface area contributed by atoms with Crippen molar-refractivity contribution in [3.8, 4) is 0 Å². The highest BCUT2D eigenvalue weighted by molar-refractivity contribution is 7.92. The van der Waals surface area contributed by atoms with Crippen molar-refractivity contribution < 1.29 is 17.9 Å². The Hall–Kier alpha value is -2.38. The lowest BCUT2D eigenvalue weighted by Gasteiger charge is -2.33. The van der Waals surface area contributed by atoms with Gasteiger partial charge in [0, 0.05) is 17.8 Å². The van der Waals surface area contributed by atoms with Gasteiger partial charge in [-0.15, -0.1) is 0 Å². The van der Waals surface area contributed by atoms with Crippen LogP contribution in [0, 0.1) is 0 Å². The molecule has 0 bridgehead atoms. The van der Waals surface area contributed by atoms with Crippen molar-refractivity contribution in [2.24, 2.45) is 0 Å². The van der Waals surface area contributed by atoms with Crippen LogP contribution in [0.3, 0.4) is 0 Å². The molecule has 2 aromatic rings. The molecule has 2 aromatic carbocycles. The maximum atomic E-state index is 12.8. The summed E-state index contributed by atoms with van der Waals surface area (Å²) >= 11 is 0. The average Bonchev–Trinajstić information content (AvgIpc) is 2.61. The number of carbonyl (C=O) groups excluding carboxylic acids is 1. The third-order valence-corrected chi connectivity index (χ3v) is 4.54. The van der Waals surface area contributed by atoms with Crippen LogP contribution in [0.2, 0.25) is 0 Å². The molecule has 6 nitrogen and oxygen atoms in total. The van der Waals surface area contributed by atoms with Gasteiger partial charge in [0.25, 0.3) is 5.91 Å². The maximum absolute atomic E-state index is 12.8. The predicted molar refractivity (Wildman–Crippen MR) is 95.9 cm³/mol. The standard InChI is InChI=1S/C18H20N2O4S/c1-25(22,23)19-16-9-5-8-15(12-16)18(21)20-10-11-24-17(13-20)14-6-3-2-4-7-14/h2-9,12,17,19H,10-11,13H2,1H3. The molecule has 25 heavy (non-hydrogen) atoms. The van der Waals surface area contributed by atoms with Gasteiger partial charge in [-0.05, 0) is 23.8 Å². The van der Waals surface area contributed by atoms with E-state index in [0.29, 0.717) is 30.9 Å². The van der Waals surface area contributed by atoms with E-state index in [0.717, 1.165) is 11.8 Å². The van der Waals surface area contributed by atoms with Crippen molar-refractivity contribution >= 4 is 21.6 Å². The molecule has 0 aromatic heterocycles. The van der Waals surface area contributed by atoms with Crippen LogP contribution in [0.5, 0.6) is 0 Å². The zero-order valence-electron chi connectivity index (χ0n) is 13.9. The first kappa shape index (κ1) is 17.4.